The molecule has 0 aromatic heterocycles. The minimum absolute atomic E-state index is 0.481. The second-order valence-corrected chi connectivity index (χ2v) is 10.0. The monoisotopic (exact) mass is 279 g/mol. The predicted molar refractivity (Wildman–Crippen MR) is 85.8 cm³/mol. The van der Waals surface area contributed by atoms with Crippen molar-refractivity contribution in [2.45, 2.75) is 58.2 Å². The number of ether oxygens (including phenoxy) is 1. The van der Waals surface area contributed by atoms with E-state index in [2.05, 4.69) is 39.1 Å². The fourth-order valence-corrected chi connectivity index (χ4v) is 6.72. The van der Waals surface area contributed by atoms with Crippen molar-refractivity contribution in [2.75, 3.05) is 13.2 Å². The van der Waals surface area contributed by atoms with Crippen LogP contribution in [-0.2, 0) is 4.74 Å². The number of allylic oxidation sites excluding steroid dienone is 2. The lowest BCUT2D eigenvalue weighted by Gasteiger charge is -2.30. The lowest BCUT2D eigenvalue weighted by molar-refractivity contribution is 0.165. The van der Waals surface area contributed by atoms with Crippen molar-refractivity contribution < 1.29 is 4.74 Å². The molecule has 0 aliphatic rings. The maximum atomic E-state index is 8.55. The van der Waals surface area contributed by atoms with Crippen LogP contribution in [-0.4, -0.2) is 21.3 Å². The number of hydrogen-bond acceptors (Lipinski definition) is 2. The zero-order chi connectivity index (χ0) is 14.6. The Morgan fingerprint density at radius 1 is 1.32 bits per heavy atom. The van der Waals surface area contributed by atoms with Crippen LogP contribution < -0.4 is 0 Å². The summed E-state index contributed by atoms with van der Waals surface area (Å²) in [7, 11) is -1.37. The highest BCUT2D eigenvalue weighted by Crippen LogP contribution is 2.28. The van der Waals surface area contributed by atoms with Gasteiger partial charge in [0.15, 0.2) is 0 Å². The molecule has 0 fully saturated rings. The average Bonchev–Trinajstić information content (AvgIpc) is 2.38. The van der Waals surface area contributed by atoms with Crippen molar-refractivity contribution in [3.63, 3.8) is 0 Å². The summed E-state index contributed by atoms with van der Waals surface area (Å²) in [6.45, 7) is 12.1. The summed E-state index contributed by atoms with van der Waals surface area (Å²) < 4.78 is 5.68. The zero-order valence-electron chi connectivity index (χ0n) is 12.9. The summed E-state index contributed by atoms with van der Waals surface area (Å²) in [6, 6.07) is 4.77. The highest BCUT2D eigenvalue weighted by molar-refractivity contribution is 6.85. The third-order valence-corrected chi connectivity index (χ3v) is 8.63. The minimum Gasteiger partial charge on any atom is -0.376 e. The molecule has 0 aliphatic carbocycles. The van der Waals surface area contributed by atoms with Gasteiger partial charge >= 0.3 is 0 Å². The van der Waals surface area contributed by atoms with Gasteiger partial charge in [-0.1, -0.05) is 62.7 Å². The van der Waals surface area contributed by atoms with Crippen molar-refractivity contribution in [3.8, 4) is 6.07 Å². The van der Waals surface area contributed by atoms with Crippen LogP contribution in [0.4, 0.5) is 0 Å². The molecule has 0 N–H and O–H groups in total. The maximum absolute atomic E-state index is 8.55. The fourth-order valence-electron chi connectivity index (χ4n) is 2.55. The molecular formula is C16H29NOSi. The first-order valence-electron chi connectivity index (χ1n) is 7.39. The Labute approximate surface area is 120 Å². The summed E-state index contributed by atoms with van der Waals surface area (Å²) in [5.41, 5.74) is 0. The van der Waals surface area contributed by atoms with E-state index < -0.39 is 8.07 Å². The van der Waals surface area contributed by atoms with Crippen molar-refractivity contribution in [1.82, 2.24) is 0 Å². The van der Waals surface area contributed by atoms with E-state index in [4.69, 9.17) is 10.00 Å². The van der Waals surface area contributed by atoms with E-state index in [0.717, 1.165) is 6.42 Å². The van der Waals surface area contributed by atoms with Gasteiger partial charge in [0.2, 0.25) is 0 Å². The van der Waals surface area contributed by atoms with Gasteiger partial charge in [0.05, 0.1) is 33.8 Å². The van der Waals surface area contributed by atoms with Crippen molar-refractivity contribution in [3.05, 3.63) is 23.9 Å². The molecule has 0 radical (unpaired) electrons. The highest BCUT2D eigenvalue weighted by Gasteiger charge is 2.29. The summed E-state index contributed by atoms with van der Waals surface area (Å²) in [4.78, 5) is 0. The zero-order valence-corrected chi connectivity index (χ0v) is 13.9. The number of rotatable bonds is 11. The first-order chi connectivity index (χ1) is 9.14. The molecule has 0 unspecified atom stereocenters. The number of nitriles is 1. The van der Waals surface area contributed by atoms with E-state index in [9.17, 15) is 0 Å². The molecular weight excluding hydrogens is 250 g/mol. The van der Waals surface area contributed by atoms with Crippen LogP contribution >= 0.6 is 0 Å². The third-order valence-electron chi connectivity index (χ3n) is 3.53. The number of nitrogens with zero attached hydrogens (tertiary/aromatic N) is 1. The van der Waals surface area contributed by atoms with Gasteiger partial charge in [-0.2, -0.15) is 5.26 Å². The molecule has 0 aromatic rings. The predicted octanol–water partition coefficient (Wildman–Crippen LogP) is 4.86. The van der Waals surface area contributed by atoms with Crippen molar-refractivity contribution >= 4 is 8.07 Å². The lowest BCUT2D eigenvalue weighted by atomic mass is 10.4. The van der Waals surface area contributed by atoms with Crippen LogP contribution in [0.15, 0.2) is 23.9 Å². The molecule has 0 bridgehead atoms. The SMILES string of the molecule is C=CC/C=C(/COCCC#N)[Si](C)(CCC)CCC. The molecule has 0 saturated heterocycles. The summed E-state index contributed by atoms with van der Waals surface area (Å²) in [6.07, 6.45) is 8.15. The Bertz CT molecular complexity index is 311. The van der Waals surface area contributed by atoms with E-state index in [0.29, 0.717) is 19.6 Å². The molecule has 3 heteroatoms. The molecule has 0 spiro atoms. The van der Waals surface area contributed by atoms with Gasteiger partial charge in [0.25, 0.3) is 0 Å². The number of hydrogen-bond donors (Lipinski definition) is 0. The van der Waals surface area contributed by atoms with Crippen LogP contribution in [0.3, 0.4) is 0 Å². The smallest absolute Gasteiger partial charge is 0.0811 e. The average molecular weight is 280 g/mol. The van der Waals surface area contributed by atoms with E-state index in [1.165, 1.54) is 30.1 Å². The Hall–Kier alpha value is -0.853. The van der Waals surface area contributed by atoms with E-state index in [-0.39, 0.29) is 0 Å². The van der Waals surface area contributed by atoms with E-state index >= 15 is 0 Å². The second-order valence-electron chi connectivity index (χ2n) is 5.28. The third kappa shape index (κ3) is 7.34. The normalized spacial score (nSPS) is 12.2. The van der Waals surface area contributed by atoms with Gasteiger partial charge in [0, 0.05) is 0 Å². The molecule has 0 saturated carbocycles. The molecule has 0 amide bonds. The molecule has 0 aliphatic heterocycles. The molecule has 2 nitrogen and oxygen atoms in total. The van der Waals surface area contributed by atoms with Crippen LogP contribution in [0, 0.1) is 11.3 Å². The van der Waals surface area contributed by atoms with Crippen molar-refractivity contribution in [1.29, 1.82) is 5.26 Å². The van der Waals surface area contributed by atoms with E-state index in [1.807, 2.05) is 6.08 Å². The van der Waals surface area contributed by atoms with Gasteiger partial charge in [-0.05, 0) is 6.42 Å². The highest BCUT2D eigenvalue weighted by atomic mass is 28.3. The fraction of sp³-hybridized carbons (Fsp3) is 0.688. The molecule has 108 valence electrons. The summed E-state index contributed by atoms with van der Waals surface area (Å²) in [5, 5.41) is 10.1. The topological polar surface area (TPSA) is 33.0 Å². The molecule has 0 aromatic carbocycles. The van der Waals surface area contributed by atoms with Crippen molar-refractivity contribution in [2.24, 2.45) is 0 Å². The van der Waals surface area contributed by atoms with Gasteiger partial charge in [0.1, 0.15) is 0 Å². The largest absolute Gasteiger partial charge is 0.376 e. The van der Waals surface area contributed by atoms with E-state index in [1.54, 1.807) is 0 Å². The summed E-state index contributed by atoms with van der Waals surface area (Å²) in [5.74, 6) is 0. The lowest BCUT2D eigenvalue weighted by Crippen LogP contribution is -2.35. The second kappa shape index (κ2) is 11.0. The Kier molecular flexibility index (Phi) is 10.5. The van der Waals surface area contributed by atoms with Gasteiger partial charge < -0.3 is 4.74 Å². The Morgan fingerprint density at radius 3 is 2.42 bits per heavy atom. The van der Waals surface area contributed by atoms with Crippen LogP contribution in [0.25, 0.3) is 0 Å². The molecule has 19 heavy (non-hydrogen) atoms. The van der Waals surface area contributed by atoms with Gasteiger partial charge in [-0.25, -0.2) is 0 Å². The first-order valence-corrected chi connectivity index (χ1v) is 10.3. The minimum atomic E-state index is -1.37. The Balaban J connectivity index is 4.76. The van der Waals surface area contributed by atoms with Crippen LogP contribution in [0.5, 0.6) is 0 Å². The first kappa shape index (κ1) is 18.1. The van der Waals surface area contributed by atoms with Gasteiger partial charge in [-0.3, -0.25) is 0 Å². The maximum Gasteiger partial charge on any atom is 0.0811 e. The molecule has 0 rings (SSSR count). The molecule has 0 atom stereocenters. The quantitative estimate of drug-likeness (QED) is 0.307. The summed E-state index contributed by atoms with van der Waals surface area (Å²) >= 11 is 0. The van der Waals surface area contributed by atoms with Crippen LogP contribution in [0.2, 0.25) is 18.6 Å². The Morgan fingerprint density at radius 2 is 1.95 bits per heavy atom. The standard InChI is InChI=1S/C16H29NOSi/c1-5-8-10-16(15-18-12-9-11-17)19(4,13-6-2)14-7-3/h5,10H,1,6-9,12-15H2,2-4H3/b16-10-. The van der Waals surface area contributed by atoms with Crippen LogP contribution in [0.1, 0.15) is 39.5 Å². The van der Waals surface area contributed by atoms with Gasteiger partial charge in [-0.15, -0.1) is 6.58 Å². The molecule has 0 heterocycles.